The molecule has 1 fully saturated rings. The first kappa shape index (κ1) is 15.9. The number of aromatic nitrogens is 4. The Kier molecular flexibility index (Phi) is 3.70. The molecule has 1 saturated carbocycles. The smallest absolute Gasteiger partial charge is 0.307 e. The number of carboxylic acid groups (broad SMARTS) is 1. The van der Waals surface area contributed by atoms with Crippen LogP contribution in [0.2, 0.25) is 0 Å². The third-order valence-electron chi connectivity index (χ3n) is 4.42. The monoisotopic (exact) mass is 331 g/mol. The Balaban J connectivity index is 1.83. The molecule has 2 N–H and O–H groups in total. The van der Waals surface area contributed by atoms with Crippen LogP contribution in [0.5, 0.6) is 5.75 Å². The van der Waals surface area contributed by atoms with E-state index in [2.05, 4.69) is 20.8 Å². The number of carbonyl (C=O) groups excluding carboxylic acids is 1. The summed E-state index contributed by atoms with van der Waals surface area (Å²) < 4.78 is 6.68. The second-order valence-corrected chi connectivity index (χ2v) is 6.25. The molecule has 1 amide bonds. The third kappa shape index (κ3) is 2.57. The van der Waals surface area contributed by atoms with Crippen molar-refractivity contribution in [2.75, 3.05) is 12.4 Å². The number of tetrazole rings is 1. The van der Waals surface area contributed by atoms with E-state index in [9.17, 15) is 14.7 Å². The van der Waals surface area contributed by atoms with Gasteiger partial charge in [0.15, 0.2) is 0 Å². The van der Waals surface area contributed by atoms with E-state index in [0.717, 1.165) is 0 Å². The summed E-state index contributed by atoms with van der Waals surface area (Å²) >= 11 is 0. The summed E-state index contributed by atoms with van der Waals surface area (Å²) in [5.74, 6) is -1.97. The second-order valence-electron chi connectivity index (χ2n) is 6.25. The molecule has 0 spiro atoms. The molecule has 3 rings (SSSR count). The predicted molar refractivity (Wildman–Crippen MR) is 82.7 cm³/mol. The first-order valence-electron chi connectivity index (χ1n) is 7.31. The summed E-state index contributed by atoms with van der Waals surface area (Å²) in [6, 6.07) is 5.02. The molecule has 24 heavy (non-hydrogen) atoms. The lowest BCUT2D eigenvalue weighted by molar-refractivity contribution is -0.140. The average Bonchev–Trinajstić information content (AvgIpc) is 2.89. The minimum Gasteiger partial charge on any atom is -0.494 e. The van der Waals surface area contributed by atoms with E-state index in [0.29, 0.717) is 17.1 Å². The summed E-state index contributed by atoms with van der Waals surface area (Å²) in [6.07, 6.45) is 1.41. The Morgan fingerprint density at radius 1 is 1.33 bits per heavy atom. The van der Waals surface area contributed by atoms with Gasteiger partial charge in [-0.1, -0.05) is 13.8 Å². The van der Waals surface area contributed by atoms with Gasteiger partial charge in [-0.2, -0.15) is 4.68 Å². The molecule has 0 aliphatic heterocycles. The van der Waals surface area contributed by atoms with Gasteiger partial charge in [0.1, 0.15) is 17.8 Å². The van der Waals surface area contributed by atoms with Gasteiger partial charge < -0.3 is 15.2 Å². The van der Waals surface area contributed by atoms with Crippen LogP contribution < -0.4 is 10.1 Å². The highest BCUT2D eigenvalue weighted by atomic mass is 16.5. The van der Waals surface area contributed by atoms with E-state index in [1.165, 1.54) is 18.1 Å². The molecule has 0 bridgehead atoms. The van der Waals surface area contributed by atoms with Gasteiger partial charge >= 0.3 is 5.97 Å². The molecule has 1 aromatic heterocycles. The van der Waals surface area contributed by atoms with Crippen LogP contribution in [0.3, 0.4) is 0 Å². The zero-order chi connectivity index (χ0) is 17.5. The van der Waals surface area contributed by atoms with E-state index in [-0.39, 0.29) is 5.91 Å². The van der Waals surface area contributed by atoms with Crippen LogP contribution in [-0.4, -0.2) is 44.3 Å². The highest BCUT2D eigenvalue weighted by Crippen LogP contribution is 2.58. The Morgan fingerprint density at radius 2 is 2.08 bits per heavy atom. The Morgan fingerprint density at radius 3 is 2.62 bits per heavy atom. The molecule has 0 unspecified atom stereocenters. The summed E-state index contributed by atoms with van der Waals surface area (Å²) in [5, 5.41) is 22.9. The molecular formula is C15H17N5O4. The zero-order valence-corrected chi connectivity index (χ0v) is 13.4. The van der Waals surface area contributed by atoms with Crippen molar-refractivity contribution >= 4 is 17.6 Å². The predicted octanol–water partition coefficient (Wildman–Crippen LogP) is 0.966. The maximum atomic E-state index is 12.4. The molecule has 126 valence electrons. The van der Waals surface area contributed by atoms with Crippen molar-refractivity contribution in [3.8, 4) is 11.4 Å². The Labute approximate surface area is 137 Å². The van der Waals surface area contributed by atoms with Crippen LogP contribution in [0.15, 0.2) is 24.5 Å². The van der Waals surface area contributed by atoms with E-state index in [1.54, 1.807) is 32.0 Å². The van der Waals surface area contributed by atoms with Gasteiger partial charge in [0.05, 0.1) is 18.9 Å². The normalized spacial score (nSPS) is 21.1. The van der Waals surface area contributed by atoms with E-state index in [4.69, 9.17) is 4.74 Å². The molecule has 9 heteroatoms. The SMILES string of the molecule is COc1ccc(NC(=O)[C@H]2[C@@H](C(=O)O)C2(C)C)cc1-n1cnnn1. The lowest BCUT2D eigenvalue weighted by Gasteiger charge is -2.11. The number of hydrogen-bond donors (Lipinski definition) is 2. The lowest BCUT2D eigenvalue weighted by Crippen LogP contribution is -2.18. The number of ether oxygens (including phenoxy) is 1. The Hall–Kier alpha value is -2.97. The summed E-state index contributed by atoms with van der Waals surface area (Å²) in [6.45, 7) is 3.55. The number of nitrogens with one attached hydrogen (secondary N) is 1. The van der Waals surface area contributed by atoms with Crippen molar-refractivity contribution < 1.29 is 19.4 Å². The van der Waals surface area contributed by atoms with Crippen molar-refractivity contribution in [2.45, 2.75) is 13.8 Å². The second kappa shape index (κ2) is 5.59. The summed E-state index contributed by atoms with van der Waals surface area (Å²) in [4.78, 5) is 23.6. The molecule has 0 saturated heterocycles. The molecule has 1 heterocycles. The number of methoxy groups -OCH3 is 1. The van der Waals surface area contributed by atoms with Gasteiger partial charge in [0.2, 0.25) is 5.91 Å². The minimum atomic E-state index is -0.954. The first-order chi connectivity index (χ1) is 11.4. The van der Waals surface area contributed by atoms with Gasteiger partial charge in [0.25, 0.3) is 0 Å². The van der Waals surface area contributed by atoms with Gasteiger partial charge in [0, 0.05) is 5.69 Å². The van der Waals surface area contributed by atoms with Crippen LogP contribution in [0.25, 0.3) is 5.69 Å². The third-order valence-corrected chi connectivity index (χ3v) is 4.42. The fourth-order valence-corrected chi connectivity index (χ4v) is 3.03. The molecule has 9 nitrogen and oxygen atoms in total. The van der Waals surface area contributed by atoms with Crippen LogP contribution in [-0.2, 0) is 9.59 Å². The highest BCUT2D eigenvalue weighted by molar-refractivity contribution is 5.99. The number of carboxylic acids is 1. The molecule has 2 atom stereocenters. The van der Waals surface area contributed by atoms with Gasteiger partial charge in [-0.25, -0.2) is 0 Å². The van der Waals surface area contributed by atoms with Crippen molar-refractivity contribution in [2.24, 2.45) is 17.3 Å². The maximum absolute atomic E-state index is 12.4. The number of amides is 1. The van der Waals surface area contributed by atoms with E-state index in [1.807, 2.05) is 0 Å². The molecule has 1 aliphatic rings. The number of rotatable bonds is 5. The molecular weight excluding hydrogens is 314 g/mol. The zero-order valence-electron chi connectivity index (χ0n) is 13.4. The number of nitrogens with zero attached hydrogens (tertiary/aromatic N) is 4. The van der Waals surface area contributed by atoms with Crippen LogP contribution in [0, 0.1) is 17.3 Å². The van der Waals surface area contributed by atoms with Crippen LogP contribution in [0.1, 0.15) is 13.8 Å². The van der Waals surface area contributed by atoms with Crippen LogP contribution >= 0.6 is 0 Å². The van der Waals surface area contributed by atoms with E-state index >= 15 is 0 Å². The number of benzene rings is 1. The lowest BCUT2D eigenvalue weighted by atomic mass is 10.1. The minimum absolute atomic E-state index is 0.319. The van der Waals surface area contributed by atoms with Gasteiger partial charge in [-0.05, 0) is 34.0 Å². The number of hydrogen-bond acceptors (Lipinski definition) is 6. The van der Waals surface area contributed by atoms with Crippen molar-refractivity contribution in [3.05, 3.63) is 24.5 Å². The van der Waals surface area contributed by atoms with Gasteiger partial charge in [-0.3, -0.25) is 9.59 Å². The highest BCUT2D eigenvalue weighted by Gasteiger charge is 2.65. The number of aliphatic carboxylic acids is 1. The van der Waals surface area contributed by atoms with Gasteiger partial charge in [-0.15, -0.1) is 5.10 Å². The first-order valence-corrected chi connectivity index (χ1v) is 7.31. The Bertz CT molecular complexity index is 787. The summed E-state index contributed by atoms with van der Waals surface area (Å²) in [7, 11) is 1.52. The van der Waals surface area contributed by atoms with Crippen molar-refractivity contribution in [1.82, 2.24) is 20.2 Å². The van der Waals surface area contributed by atoms with Crippen molar-refractivity contribution in [3.63, 3.8) is 0 Å². The maximum Gasteiger partial charge on any atom is 0.307 e. The fraction of sp³-hybridized carbons (Fsp3) is 0.400. The molecule has 1 aliphatic carbocycles. The van der Waals surface area contributed by atoms with Crippen molar-refractivity contribution in [1.29, 1.82) is 0 Å². The topological polar surface area (TPSA) is 119 Å². The number of anilines is 1. The average molecular weight is 331 g/mol. The fourth-order valence-electron chi connectivity index (χ4n) is 3.03. The van der Waals surface area contributed by atoms with E-state index < -0.39 is 23.2 Å². The largest absolute Gasteiger partial charge is 0.494 e. The standard InChI is InChI=1S/C15H17N5O4/c1-15(2)11(12(15)14(22)23)13(21)17-8-4-5-10(24-3)9(6-8)20-7-16-18-19-20/h4-7,11-12H,1-3H3,(H,17,21)(H,22,23)/t11-,12+/m1/s1. The van der Waals surface area contributed by atoms with Crippen LogP contribution in [0.4, 0.5) is 5.69 Å². The quantitative estimate of drug-likeness (QED) is 0.837. The molecule has 2 aromatic rings. The number of carbonyl (C=O) groups is 2. The molecule has 1 aromatic carbocycles. The molecule has 0 radical (unpaired) electrons. The summed E-state index contributed by atoms with van der Waals surface area (Å²) in [5.41, 5.74) is 0.518.